The fourth-order valence-corrected chi connectivity index (χ4v) is 1.89. The van der Waals surface area contributed by atoms with E-state index in [1.54, 1.807) is 6.08 Å². The van der Waals surface area contributed by atoms with E-state index in [1.807, 2.05) is 0 Å². The molecule has 1 saturated heterocycles. The molecule has 1 fully saturated rings. The van der Waals surface area contributed by atoms with E-state index in [4.69, 9.17) is 14.9 Å². The molecular formula is C8H8O5. The lowest BCUT2D eigenvalue weighted by molar-refractivity contribution is -0.152. The van der Waals surface area contributed by atoms with Gasteiger partial charge in [-0.1, -0.05) is 0 Å². The Balaban J connectivity index is 2.33. The molecule has 2 rings (SSSR count). The molecular weight excluding hydrogens is 176 g/mol. The topological polar surface area (TPSA) is 83.8 Å². The van der Waals surface area contributed by atoms with Crippen LogP contribution in [0.15, 0.2) is 11.8 Å². The molecule has 2 N–H and O–H groups in total. The second kappa shape index (κ2) is 2.48. The van der Waals surface area contributed by atoms with Crippen molar-refractivity contribution in [3.05, 3.63) is 11.8 Å². The van der Waals surface area contributed by atoms with Gasteiger partial charge in [0.15, 0.2) is 0 Å². The number of hydrogen-bond acceptors (Lipinski definition) is 3. The van der Waals surface area contributed by atoms with E-state index in [1.165, 1.54) is 0 Å². The van der Waals surface area contributed by atoms with Gasteiger partial charge in [-0.05, 0) is 6.08 Å². The molecule has 0 aromatic heterocycles. The zero-order valence-corrected chi connectivity index (χ0v) is 6.64. The van der Waals surface area contributed by atoms with Crippen molar-refractivity contribution in [2.75, 3.05) is 0 Å². The number of ether oxygens (including phenoxy) is 1. The lowest BCUT2D eigenvalue weighted by Crippen LogP contribution is -2.33. The molecule has 5 heteroatoms. The van der Waals surface area contributed by atoms with Crippen molar-refractivity contribution in [3.8, 4) is 0 Å². The lowest BCUT2D eigenvalue weighted by Gasteiger charge is -2.15. The second-order valence-corrected chi connectivity index (χ2v) is 3.18. The minimum atomic E-state index is -1.12. The van der Waals surface area contributed by atoms with Crippen LogP contribution < -0.4 is 0 Å². The van der Waals surface area contributed by atoms with Crippen LogP contribution >= 0.6 is 0 Å². The minimum absolute atomic E-state index is 0.310. The maximum atomic E-state index is 10.7. The van der Waals surface area contributed by atoms with Crippen molar-refractivity contribution in [1.29, 1.82) is 0 Å². The van der Waals surface area contributed by atoms with Crippen LogP contribution in [0.3, 0.4) is 0 Å². The molecule has 0 spiro atoms. The van der Waals surface area contributed by atoms with E-state index in [-0.39, 0.29) is 0 Å². The van der Waals surface area contributed by atoms with Crippen molar-refractivity contribution >= 4 is 11.9 Å². The third-order valence-electron chi connectivity index (χ3n) is 2.46. The van der Waals surface area contributed by atoms with Crippen LogP contribution in [0.2, 0.25) is 0 Å². The zero-order chi connectivity index (χ0) is 9.59. The summed E-state index contributed by atoms with van der Waals surface area (Å²) in [5.41, 5.74) is 0. The van der Waals surface area contributed by atoms with Crippen molar-refractivity contribution in [2.45, 2.75) is 12.5 Å². The maximum Gasteiger partial charge on any atom is 0.315 e. The molecule has 3 unspecified atom stereocenters. The Kier molecular flexibility index (Phi) is 1.55. The number of aliphatic carboxylic acids is 2. The van der Waals surface area contributed by atoms with Gasteiger partial charge in [0.1, 0.15) is 23.7 Å². The van der Waals surface area contributed by atoms with Crippen LogP contribution in [0.25, 0.3) is 0 Å². The Bertz CT molecular complexity index is 306. The Morgan fingerprint density at radius 2 is 2.08 bits per heavy atom. The summed E-state index contributed by atoms with van der Waals surface area (Å²) in [6.07, 6.45) is 1.69. The molecule has 0 aromatic rings. The third-order valence-corrected chi connectivity index (χ3v) is 2.46. The molecule has 0 radical (unpaired) electrons. The van der Waals surface area contributed by atoms with Gasteiger partial charge in [-0.15, -0.1) is 0 Å². The van der Waals surface area contributed by atoms with Crippen LogP contribution in [0.1, 0.15) is 6.42 Å². The van der Waals surface area contributed by atoms with Crippen LogP contribution in [0, 0.1) is 11.8 Å². The predicted molar refractivity (Wildman–Crippen MR) is 39.8 cm³/mol. The quantitative estimate of drug-likeness (QED) is 0.634. The van der Waals surface area contributed by atoms with Crippen molar-refractivity contribution in [1.82, 2.24) is 0 Å². The number of carboxylic acid groups (broad SMARTS) is 2. The van der Waals surface area contributed by atoms with Gasteiger partial charge in [0.05, 0.1) is 0 Å². The van der Waals surface area contributed by atoms with Crippen LogP contribution in [0.5, 0.6) is 0 Å². The summed E-state index contributed by atoms with van der Waals surface area (Å²) in [5, 5.41) is 17.6. The molecule has 2 aliphatic rings. The van der Waals surface area contributed by atoms with Gasteiger partial charge in [0.25, 0.3) is 0 Å². The first-order valence-corrected chi connectivity index (χ1v) is 3.93. The van der Waals surface area contributed by atoms with E-state index < -0.39 is 29.9 Å². The van der Waals surface area contributed by atoms with E-state index in [9.17, 15) is 9.59 Å². The van der Waals surface area contributed by atoms with Crippen molar-refractivity contribution in [2.24, 2.45) is 11.8 Å². The highest BCUT2D eigenvalue weighted by Gasteiger charge is 2.52. The van der Waals surface area contributed by atoms with E-state index in [2.05, 4.69) is 0 Å². The molecule has 0 aliphatic carbocycles. The molecule has 70 valence electrons. The standard InChI is InChI=1S/C8H8O5/c9-7(10)5-3-1-2-4(13-3)6(5)8(11)12/h1,4-6H,2H2,(H,9,10)(H,11,12). The fourth-order valence-electron chi connectivity index (χ4n) is 1.89. The van der Waals surface area contributed by atoms with Gasteiger partial charge in [-0.25, -0.2) is 0 Å². The van der Waals surface area contributed by atoms with E-state index in [0.29, 0.717) is 12.2 Å². The summed E-state index contributed by atoms with van der Waals surface area (Å²) in [4.78, 5) is 21.5. The number of rotatable bonds is 2. The molecule has 5 nitrogen and oxygen atoms in total. The van der Waals surface area contributed by atoms with Gasteiger partial charge in [-0.3, -0.25) is 9.59 Å². The summed E-state index contributed by atoms with van der Waals surface area (Å²) in [6.45, 7) is 0. The summed E-state index contributed by atoms with van der Waals surface area (Å²) < 4.78 is 5.12. The molecule has 2 bridgehead atoms. The van der Waals surface area contributed by atoms with Gasteiger partial charge < -0.3 is 14.9 Å². The fraction of sp³-hybridized carbons (Fsp3) is 0.500. The number of hydrogen-bond donors (Lipinski definition) is 2. The molecule has 3 atom stereocenters. The summed E-state index contributed by atoms with van der Waals surface area (Å²) >= 11 is 0. The van der Waals surface area contributed by atoms with Gasteiger partial charge >= 0.3 is 11.9 Å². The van der Waals surface area contributed by atoms with Gasteiger partial charge in [0, 0.05) is 6.42 Å². The van der Waals surface area contributed by atoms with Crippen molar-refractivity contribution < 1.29 is 24.5 Å². The lowest BCUT2D eigenvalue weighted by atomic mass is 9.84. The minimum Gasteiger partial charge on any atom is -0.493 e. The van der Waals surface area contributed by atoms with Crippen LogP contribution in [-0.4, -0.2) is 28.3 Å². The molecule has 0 saturated carbocycles. The highest BCUT2D eigenvalue weighted by atomic mass is 16.5. The normalized spacial score (nSPS) is 35.4. The Labute approximate surface area is 73.6 Å². The number of fused-ring (bicyclic) bond motifs is 2. The molecule has 0 aromatic carbocycles. The first kappa shape index (κ1) is 8.10. The summed E-state index contributed by atoms with van der Waals surface area (Å²) in [6, 6.07) is 0. The highest BCUT2D eigenvalue weighted by molar-refractivity contribution is 5.84. The van der Waals surface area contributed by atoms with Crippen LogP contribution in [0.4, 0.5) is 0 Å². The number of carboxylic acids is 2. The average molecular weight is 184 g/mol. The van der Waals surface area contributed by atoms with Gasteiger partial charge in [0.2, 0.25) is 0 Å². The number of carbonyl (C=O) groups is 2. The van der Waals surface area contributed by atoms with E-state index >= 15 is 0 Å². The summed E-state index contributed by atoms with van der Waals surface area (Å²) in [7, 11) is 0. The molecule has 0 amide bonds. The monoisotopic (exact) mass is 184 g/mol. The molecule has 2 heterocycles. The third kappa shape index (κ3) is 0.998. The first-order chi connectivity index (χ1) is 6.11. The smallest absolute Gasteiger partial charge is 0.315 e. The second-order valence-electron chi connectivity index (χ2n) is 3.18. The largest absolute Gasteiger partial charge is 0.493 e. The Hall–Kier alpha value is -1.52. The molecule has 13 heavy (non-hydrogen) atoms. The van der Waals surface area contributed by atoms with Crippen LogP contribution in [-0.2, 0) is 14.3 Å². The molecule has 2 aliphatic heterocycles. The summed E-state index contributed by atoms with van der Waals surface area (Å²) in [5.74, 6) is -3.82. The van der Waals surface area contributed by atoms with Gasteiger partial charge in [-0.2, -0.15) is 0 Å². The SMILES string of the molecule is O=C(O)C1C2=CCC(O2)C1C(=O)O. The Morgan fingerprint density at radius 3 is 2.54 bits per heavy atom. The average Bonchev–Trinajstić information content (AvgIpc) is 2.60. The predicted octanol–water partition coefficient (Wildman–Crippen LogP) is 0.0744. The Morgan fingerprint density at radius 1 is 1.38 bits per heavy atom. The van der Waals surface area contributed by atoms with E-state index in [0.717, 1.165) is 0 Å². The highest BCUT2D eigenvalue weighted by Crippen LogP contribution is 2.42. The zero-order valence-electron chi connectivity index (χ0n) is 6.64. The first-order valence-electron chi connectivity index (χ1n) is 3.93. The maximum absolute atomic E-state index is 10.7. The van der Waals surface area contributed by atoms with Crippen molar-refractivity contribution in [3.63, 3.8) is 0 Å².